The van der Waals surface area contributed by atoms with Crippen molar-refractivity contribution in [2.75, 3.05) is 17.3 Å². The summed E-state index contributed by atoms with van der Waals surface area (Å²) in [5.41, 5.74) is 8.16. The molecule has 4 rings (SSSR count). The lowest BCUT2D eigenvalue weighted by Crippen LogP contribution is -2.42. The molecule has 4 N–H and O–H groups in total. The predicted molar refractivity (Wildman–Crippen MR) is 110 cm³/mol. The van der Waals surface area contributed by atoms with Crippen LogP contribution < -0.4 is 15.9 Å². The summed E-state index contributed by atoms with van der Waals surface area (Å²) in [6, 6.07) is 3.23. The standard InChI is InChI=1S/C17H19N7O3S2/c1-10-4-13(14-6-21-16(18)7-23(14)24-9-20-8-22-24)15(29(19,26)27)5-12(10)11-2-3-28-17(11)25/h4-6,8-9,11H,2-3,7H2,1H3,(H2,18,21)(H2,19,26,27). The minimum absolute atomic E-state index is 0.0414. The Morgan fingerprint density at radius 2 is 2.10 bits per heavy atom. The van der Waals surface area contributed by atoms with E-state index in [1.54, 1.807) is 11.1 Å². The molecule has 2 aliphatic heterocycles. The summed E-state index contributed by atoms with van der Waals surface area (Å²) in [6.45, 7) is 2.04. The molecule has 0 amide bonds. The average Bonchev–Trinajstić information content (AvgIpc) is 3.32. The van der Waals surface area contributed by atoms with Crippen LogP contribution in [-0.4, -0.2) is 46.5 Å². The number of carbonyl (C=O) groups is 1. The third-order valence-electron chi connectivity index (χ3n) is 4.86. The summed E-state index contributed by atoms with van der Waals surface area (Å²) < 4.78 is 24.9. The first kappa shape index (κ1) is 19.6. The third kappa shape index (κ3) is 3.66. The fourth-order valence-electron chi connectivity index (χ4n) is 3.50. The van der Waals surface area contributed by atoms with Crippen molar-refractivity contribution in [2.24, 2.45) is 15.9 Å². The molecule has 1 unspecified atom stereocenters. The highest BCUT2D eigenvalue weighted by atomic mass is 32.2. The fourth-order valence-corrected chi connectivity index (χ4v) is 5.26. The minimum Gasteiger partial charge on any atom is -0.386 e. The van der Waals surface area contributed by atoms with E-state index in [9.17, 15) is 13.2 Å². The molecule has 152 valence electrons. The first-order chi connectivity index (χ1) is 13.8. The van der Waals surface area contributed by atoms with Crippen LogP contribution in [0.25, 0.3) is 5.70 Å². The fraction of sp³-hybridized carbons (Fsp3) is 0.294. The average molecular weight is 434 g/mol. The van der Waals surface area contributed by atoms with Crippen LogP contribution in [0.1, 0.15) is 29.0 Å². The van der Waals surface area contributed by atoms with E-state index in [1.807, 2.05) is 6.92 Å². The maximum atomic E-state index is 12.5. The number of aliphatic imine (C=N–C) groups is 1. The van der Waals surface area contributed by atoms with Crippen molar-refractivity contribution in [3.63, 3.8) is 0 Å². The predicted octanol–water partition coefficient (Wildman–Crippen LogP) is 0.288. The van der Waals surface area contributed by atoms with E-state index in [1.165, 1.54) is 41.5 Å². The van der Waals surface area contributed by atoms with E-state index in [-0.39, 0.29) is 22.5 Å². The van der Waals surface area contributed by atoms with Gasteiger partial charge in [0.05, 0.1) is 29.3 Å². The summed E-state index contributed by atoms with van der Waals surface area (Å²) >= 11 is 1.26. The van der Waals surface area contributed by atoms with Crippen molar-refractivity contribution in [2.45, 2.75) is 24.2 Å². The molecule has 0 bridgehead atoms. The zero-order valence-corrected chi connectivity index (χ0v) is 17.2. The van der Waals surface area contributed by atoms with Gasteiger partial charge in [-0.25, -0.2) is 23.5 Å². The van der Waals surface area contributed by atoms with Crippen LogP contribution in [0.3, 0.4) is 0 Å². The highest BCUT2D eigenvalue weighted by Gasteiger charge is 2.32. The second-order valence-electron chi connectivity index (χ2n) is 6.77. The van der Waals surface area contributed by atoms with E-state index < -0.39 is 10.0 Å². The summed E-state index contributed by atoms with van der Waals surface area (Å²) in [5.74, 6) is 0.715. The minimum atomic E-state index is -4.09. The number of hydrogen-bond acceptors (Lipinski definition) is 9. The zero-order chi connectivity index (χ0) is 20.8. The van der Waals surface area contributed by atoms with Crippen molar-refractivity contribution in [1.82, 2.24) is 14.9 Å². The number of thioether (sulfide) groups is 1. The van der Waals surface area contributed by atoms with E-state index in [2.05, 4.69) is 15.1 Å². The van der Waals surface area contributed by atoms with Gasteiger partial charge in [0.25, 0.3) is 0 Å². The molecule has 29 heavy (non-hydrogen) atoms. The van der Waals surface area contributed by atoms with Gasteiger partial charge in [-0.05, 0) is 36.6 Å². The van der Waals surface area contributed by atoms with Gasteiger partial charge in [-0.2, -0.15) is 4.79 Å². The van der Waals surface area contributed by atoms with Crippen molar-refractivity contribution in [3.05, 3.63) is 47.7 Å². The molecule has 1 fully saturated rings. The Bertz CT molecular complexity index is 1140. The number of hydrogen-bond donors (Lipinski definition) is 2. The quantitative estimate of drug-likeness (QED) is 0.698. The SMILES string of the molecule is Cc1cc(C2=CN=C(N)CN2n2cncn2)c(S(N)(=O)=O)cc1C1CCSC1=O. The Morgan fingerprint density at radius 1 is 1.31 bits per heavy atom. The molecule has 2 aliphatic rings. The van der Waals surface area contributed by atoms with Crippen molar-refractivity contribution < 1.29 is 13.2 Å². The second kappa shape index (κ2) is 7.28. The molecule has 3 heterocycles. The summed E-state index contributed by atoms with van der Waals surface area (Å²) in [6.07, 6.45) is 4.97. The molecule has 1 aromatic heterocycles. The maximum absolute atomic E-state index is 12.5. The smallest absolute Gasteiger partial charge is 0.238 e. The number of nitrogens with zero attached hydrogens (tertiary/aromatic N) is 5. The summed E-state index contributed by atoms with van der Waals surface area (Å²) in [4.78, 5) is 21.7. The highest BCUT2D eigenvalue weighted by Crippen LogP contribution is 2.38. The third-order valence-corrected chi connectivity index (χ3v) is 6.82. The number of aromatic nitrogens is 3. The Hall–Kier alpha value is -2.70. The molecular formula is C17H19N7O3S2. The number of nitrogens with two attached hydrogens (primary N) is 2. The van der Waals surface area contributed by atoms with Crippen molar-refractivity contribution in [1.29, 1.82) is 0 Å². The van der Waals surface area contributed by atoms with Crippen LogP contribution in [0.15, 0.2) is 40.9 Å². The van der Waals surface area contributed by atoms with E-state index >= 15 is 0 Å². The number of aryl methyl sites for hydroxylation is 1. The van der Waals surface area contributed by atoms with Gasteiger partial charge >= 0.3 is 0 Å². The topological polar surface area (TPSA) is 150 Å². The van der Waals surface area contributed by atoms with Gasteiger partial charge in [0.15, 0.2) is 5.12 Å². The monoisotopic (exact) mass is 433 g/mol. The Kier molecular flexibility index (Phi) is 4.92. The van der Waals surface area contributed by atoms with Crippen LogP contribution in [0.5, 0.6) is 0 Å². The number of amidine groups is 1. The van der Waals surface area contributed by atoms with E-state index in [4.69, 9.17) is 10.9 Å². The largest absolute Gasteiger partial charge is 0.386 e. The lowest BCUT2D eigenvalue weighted by Gasteiger charge is -2.29. The van der Waals surface area contributed by atoms with Gasteiger partial charge in [0.2, 0.25) is 10.0 Å². The number of sulfonamides is 1. The van der Waals surface area contributed by atoms with Crippen LogP contribution in [0.4, 0.5) is 0 Å². The molecule has 0 saturated carbocycles. The second-order valence-corrected chi connectivity index (χ2v) is 9.40. The number of primary sulfonamides is 1. The molecule has 1 aromatic carbocycles. The maximum Gasteiger partial charge on any atom is 0.238 e. The van der Waals surface area contributed by atoms with Crippen LogP contribution in [-0.2, 0) is 14.8 Å². The van der Waals surface area contributed by atoms with Crippen LogP contribution in [0, 0.1) is 6.92 Å². The summed E-state index contributed by atoms with van der Waals surface area (Å²) in [5, 5.41) is 11.3. The number of benzene rings is 1. The lowest BCUT2D eigenvalue weighted by atomic mass is 9.92. The van der Waals surface area contributed by atoms with E-state index in [0.29, 0.717) is 34.8 Å². The first-order valence-electron chi connectivity index (χ1n) is 8.75. The molecule has 10 nitrogen and oxygen atoms in total. The normalized spacial score (nSPS) is 20.0. The molecule has 0 radical (unpaired) electrons. The summed E-state index contributed by atoms with van der Waals surface area (Å²) in [7, 11) is -4.09. The molecule has 0 spiro atoms. The number of rotatable bonds is 4. The highest BCUT2D eigenvalue weighted by molar-refractivity contribution is 8.14. The Balaban J connectivity index is 1.90. The Morgan fingerprint density at radius 3 is 2.72 bits per heavy atom. The molecule has 1 saturated heterocycles. The van der Waals surface area contributed by atoms with Crippen LogP contribution >= 0.6 is 11.8 Å². The molecule has 1 atom stereocenters. The molecular weight excluding hydrogens is 414 g/mol. The molecule has 2 aromatic rings. The van der Waals surface area contributed by atoms with Gasteiger partial charge < -0.3 is 5.73 Å². The Labute approximate surface area is 171 Å². The van der Waals surface area contributed by atoms with Gasteiger partial charge in [-0.1, -0.05) is 11.8 Å². The first-order valence-corrected chi connectivity index (χ1v) is 11.3. The van der Waals surface area contributed by atoms with Gasteiger partial charge in [0.1, 0.15) is 18.5 Å². The lowest BCUT2D eigenvalue weighted by molar-refractivity contribution is -0.111. The van der Waals surface area contributed by atoms with E-state index in [0.717, 1.165) is 5.56 Å². The van der Waals surface area contributed by atoms with Crippen molar-refractivity contribution in [3.8, 4) is 0 Å². The molecule has 12 heteroatoms. The zero-order valence-electron chi connectivity index (χ0n) is 15.5. The van der Waals surface area contributed by atoms with Gasteiger partial charge in [-0.3, -0.25) is 9.80 Å². The van der Waals surface area contributed by atoms with Crippen LogP contribution in [0.2, 0.25) is 0 Å². The van der Waals surface area contributed by atoms with Gasteiger partial charge in [-0.15, -0.1) is 5.10 Å². The number of carbonyl (C=O) groups excluding carboxylic acids is 1. The molecule has 0 aliphatic carbocycles. The van der Waals surface area contributed by atoms with Crippen molar-refractivity contribution >= 4 is 38.4 Å². The van der Waals surface area contributed by atoms with Gasteiger partial charge in [0, 0.05) is 11.3 Å².